The number of amides is 1. The summed E-state index contributed by atoms with van der Waals surface area (Å²) in [6.45, 7) is 0.341. The van der Waals surface area contributed by atoms with E-state index in [2.05, 4.69) is 10.6 Å². The van der Waals surface area contributed by atoms with Crippen LogP contribution in [0.1, 0.15) is 0 Å². The molecule has 4 nitrogen and oxygen atoms in total. The Bertz CT molecular complexity index is 395. The minimum atomic E-state index is -0.344. The monoisotopic (exact) mass is 226 g/mol. The van der Waals surface area contributed by atoms with Crippen molar-refractivity contribution in [1.82, 2.24) is 0 Å². The fraction of sp³-hybridized carbons (Fsp3) is 0.300. The minimum Gasteiger partial charge on any atom is -0.382 e. The van der Waals surface area contributed by atoms with E-state index < -0.39 is 0 Å². The van der Waals surface area contributed by atoms with Crippen molar-refractivity contribution in [2.24, 2.45) is 0 Å². The van der Waals surface area contributed by atoms with Crippen LogP contribution in [0.2, 0.25) is 5.02 Å². The molecule has 0 radical (unpaired) electrons. The molecular weight excluding hydrogens is 216 g/mol. The normalized spacial score (nSPS) is 19.1. The highest BCUT2D eigenvalue weighted by Gasteiger charge is 2.24. The molecule has 0 aromatic heterocycles. The zero-order valence-corrected chi connectivity index (χ0v) is 8.97. The molecule has 2 rings (SSSR count). The number of hydrogen-bond acceptors (Lipinski definition) is 3. The van der Waals surface area contributed by atoms with Crippen molar-refractivity contribution in [3.05, 3.63) is 23.2 Å². The smallest absolute Gasteiger partial charge is 0.249 e. The van der Waals surface area contributed by atoms with Crippen molar-refractivity contribution < 1.29 is 9.53 Å². The van der Waals surface area contributed by atoms with Gasteiger partial charge in [0.1, 0.15) is 6.04 Å². The molecule has 1 atom stereocenters. The molecule has 0 spiro atoms. The van der Waals surface area contributed by atoms with Crippen LogP contribution in [-0.2, 0) is 9.53 Å². The zero-order valence-electron chi connectivity index (χ0n) is 8.21. The third kappa shape index (κ3) is 2.06. The summed E-state index contributed by atoms with van der Waals surface area (Å²) in [6.07, 6.45) is 0. The van der Waals surface area contributed by atoms with Crippen molar-refractivity contribution in [3.8, 4) is 0 Å². The van der Waals surface area contributed by atoms with E-state index >= 15 is 0 Å². The molecule has 80 valence electrons. The largest absolute Gasteiger partial charge is 0.382 e. The number of methoxy groups -OCH3 is 1. The van der Waals surface area contributed by atoms with Gasteiger partial charge in [-0.3, -0.25) is 4.79 Å². The number of fused-ring (bicyclic) bond motifs is 1. The first-order valence-electron chi connectivity index (χ1n) is 4.56. The Morgan fingerprint density at radius 2 is 2.27 bits per heavy atom. The fourth-order valence-electron chi connectivity index (χ4n) is 1.50. The molecule has 1 unspecified atom stereocenters. The van der Waals surface area contributed by atoms with Crippen LogP contribution >= 0.6 is 11.6 Å². The Morgan fingerprint density at radius 3 is 3.00 bits per heavy atom. The van der Waals surface area contributed by atoms with Crippen LogP contribution in [0.15, 0.2) is 18.2 Å². The molecule has 1 heterocycles. The lowest BCUT2D eigenvalue weighted by Gasteiger charge is -2.26. The van der Waals surface area contributed by atoms with Gasteiger partial charge in [0.15, 0.2) is 0 Å². The van der Waals surface area contributed by atoms with Crippen molar-refractivity contribution in [2.75, 3.05) is 24.4 Å². The quantitative estimate of drug-likeness (QED) is 0.808. The predicted molar refractivity (Wildman–Crippen MR) is 59.4 cm³/mol. The van der Waals surface area contributed by atoms with Crippen LogP contribution in [0.4, 0.5) is 11.4 Å². The first kappa shape index (κ1) is 10.3. The minimum absolute atomic E-state index is 0.105. The van der Waals surface area contributed by atoms with Crippen molar-refractivity contribution in [1.29, 1.82) is 0 Å². The molecule has 0 fully saturated rings. The van der Waals surface area contributed by atoms with Gasteiger partial charge in [-0.15, -0.1) is 0 Å². The summed E-state index contributed by atoms with van der Waals surface area (Å²) in [5, 5.41) is 6.45. The van der Waals surface area contributed by atoms with E-state index in [1.165, 1.54) is 0 Å². The van der Waals surface area contributed by atoms with Gasteiger partial charge < -0.3 is 15.4 Å². The van der Waals surface area contributed by atoms with Crippen LogP contribution in [0.25, 0.3) is 0 Å². The van der Waals surface area contributed by atoms with E-state index in [1.807, 2.05) is 6.07 Å². The molecule has 1 aromatic rings. The molecule has 2 N–H and O–H groups in total. The maximum absolute atomic E-state index is 11.6. The summed E-state index contributed by atoms with van der Waals surface area (Å²) in [5.74, 6) is -0.105. The Balaban J connectivity index is 2.26. The maximum atomic E-state index is 11.6. The SMILES string of the molecule is COCC1Nc2ccc(Cl)cc2NC1=O. The summed E-state index contributed by atoms with van der Waals surface area (Å²) < 4.78 is 4.94. The van der Waals surface area contributed by atoms with Crippen LogP contribution in [-0.4, -0.2) is 25.7 Å². The third-order valence-electron chi connectivity index (χ3n) is 2.22. The van der Waals surface area contributed by atoms with Gasteiger partial charge in [-0.2, -0.15) is 0 Å². The molecule has 5 heteroatoms. The van der Waals surface area contributed by atoms with E-state index in [4.69, 9.17) is 16.3 Å². The maximum Gasteiger partial charge on any atom is 0.249 e. The van der Waals surface area contributed by atoms with E-state index in [0.717, 1.165) is 5.69 Å². The predicted octanol–water partition coefficient (Wildman–Crippen LogP) is 1.72. The van der Waals surface area contributed by atoms with E-state index in [0.29, 0.717) is 17.3 Å². The van der Waals surface area contributed by atoms with E-state index in [-0.39, 0.29) is 11.9 Å². The lowest BCUT2D eigenvalue weighted by atomic mass is 10.1. The molecule has 0 bridgehead atoms. The van der Waals surface area contributed by atoms with Gasteiger partial charge in [0.2, 0.25) is 5.91 Å². The average molecular weight is 227 g/mol. The van der Waals surface area contributed by atoms with E-state index in [1.54, 1.807) is 19.2 Å². The first-order chi connectivity index (χ1) is 7.20. The second kappa shape index (κ2) is 4.08. The van der Waals surface area contributed by atoms with Gasteiger partial charge in [0.05, 0.1) is 18.0 Å². The number of anilines is 2. The van der Waals surface area contributed by atoms with Gasteiger partial charge in [-0.1, -0.05) is 11.6 Å². The molecular formula is C10H11ClN2O2. The highest BCUT2D eigenvalue weighted by atomic mass is 35.5. The number of hydrogen-bond donors (Lipinski definition) is 2. The molecule has 15 heavy (non-hydrogen) atoms. The Hall–Kier alpha value is -1.26. The summed E-state index contributed by atoms with van der Waals surface area (Å²) in [7, 11) is 1.56. The number of rotatable bonds is 2. The number of ether oxygens (including phenoxy) is 1. The van der Waals surface area contributed by atoms with Crippen molar-refractivity contribution >= 4 is 28.9 Å². The summed E-state index contributed by atoms with van der Waals surface area (Å²) in [4.78, 5) is 11.6. The highest BCUT2D eigenvalue weighted by molar-refractivity contribution is 6.31. The number of halogens is 1. The second-order valence-electron chi connectivity index (χ2n) is 3.33. The average Bonchev–Trinajstić information content (AvgIpc) is 2.20. The molecule has 1 amide bonds. The first-order valence-corrected chi connectivity index (χ1v) is 4.94. The lowest BCUT2D eigenvalue weighted by molar-refractivity contribution is -0.118. The number of benzene rings is 1. The number of carbonyl (C=O) groups excluding carboxylic acids is 1. The van der Waals surface area contributed by atoms with Gasteiger partial charge in [-0.25, -0.2) is 0 Å². The summed E-state index contributed by atoms with van der Waals surface area (Å²) in [5.41, 5.74) is 1.57. The van der Waals surface area contributed by atoms with Crippen molar-refractivity contribution in [2.45, 2.75) is 6.04 Å². The van der Waals surface area contributed by atoms with Crippen LogP contribution in [0, 0.1) is 0 Å². The zero-order chi connectivity index (χ0) is 10.8. The fourth-order valence-corrected chi connectivity index (χ4v) is 1.67. The highest BCUT2D eigenvalue weighted by Crippen LogP contribution is 2.29. The number of nitrogens with one attached hydrogen (secondary N) is 2. The molecule has 0 saturated heterocycles. The van der Waals surface area contributed by atoms with Crippen LogP contribution in [0.5, 0.6) is 0 Å². The molecule has 1 aliphatic rings. The lowest BCUT2D eigenvalue weighted by Crippen LogP contribution is -2.41. The third-order valence-corrected chi connectivity index (χ3v) is 2.45. The molecule has 0 aliphatic carbocycles. The number of carbonyl (C=O) groups is 1. The molecule has 1 aliphatic heterocycles. The van der Waals surface area contributed by atoms with Gasteiger partial charge >= 0.3 is 0 Å². The topological polar surface area (TPSA) is 50.4 Å². The van der Waals surface area contributed by atoms with Gasteiger partial charge in [0.25, 0.3) is 0 Å². The van der Waals surface area contributed by atoms with E-state index in [9.17, 15) is 4.79 Å². The van der Waals surface area contributed by atoms with Gasteiger partial charge in [0, 0.05) is 12.1 Å². The van der Waals surface area contributed by atoms with Gasteiger partial charge in [-0.05, 0) is 18.2 Å². The summed E-state index contributed by atoms with van der Waals surface area (Å²) in [6, 6.07) is 4.97. The molecule has 0 saturated carbocycles. The second-order valence-corrected chi connectivity index (χ2v) is 3.77. The summed E-state index contributed by atoms with van der Waals surface area (Å²) >= 11 is 5.82. The Labute approximate surface area is 92.6 Å². The van der Waals surface area contributed by atoms with Crippen LogP contribution in [0.3, 0.4) is 0 Å². The Kier molecular flexibility index (Phi) is 2.79. The standard InChI is InChI=1S/C10H11ClN2O2/c1-15-5-9-10(14)13-8-4-6(11)2-3-7(8)12-9/h2-4,9,12H,5H2,1H3,(H,13,14). The van der Waals surface area contributed by atoms with Crippen molar-refractivity contribution in [3.63, 3.8) is 0 Å². The molecule has 1 aromatic carbocycles. The Morgan fingerprint density at radius 1 is 1.47 bits per heavy atom. The van der Waals surface area contributed by atoms with Crippen LogP contribution < -0.4 is 10.6 Å².